The first-order valence-electron chi connectivity index (χ1n) is 5.56. The van der Waals surface area contributed by atoms with E-state index in [1.54, 1.807) is 17.5 Å². The Balaban J connectivity index is 2.02. The molecule has 2 nitrogen and oxygen atoms in total. The Kier molecular flexibility index (Phi) is 4.31. The van der Waals surface area contributed by atoms with Crippen molar-refractivity contribution >= 4 is 27.3 Å². The Morgan fingerprint density at radius 1 is 1.35 bits per heavy atom. The average Bonchev–Trinajstić information content (AvgIpc) is 2.77. The second-order valence-electron chi connectivity index (χ2n) is 4.06. The molecule has 0 bridgehead atoms. The van der Waals surface area contributed by atoms with Gasteiger partial charge in [0, 0.05) is 39.2 Å². The third kappa shape index (κ3) is 3.37. The van der Waals surface area contributed by atoms with E-state index in [9.17, 15) is 0 Å². The maximum Gasteiger partial charge on any atom is 0.0391 e. The molecule has 0 aliphatic carbocycles. The van der Waals surface area contributed by atoms with E-state index in [4.69, 9.17) is 0 Å². The standard InChI is InChI=1S/C13H15BrN2S/c1-9(11-4-3-5-15-7-11)16-10(2)13-6-12(14)8-17-13/h3-10,16H,1-2H3/t9-,10?/m0/s1. The Bertz CT molecular complexity index is 469. The van der Waals surface area contributed by atoms with Crippen molar-refractivity contribution in [3.8, 4) is 0 Å². The van der Waals surface area contributed by atoms with Crippen molar-refractivity contribution in [1.82, 2.24) is 10.3 Å². The number of aromatic nitrogens is 1. The molecule has 0 aliphatic rings. The summed E-state index contributed by atoms with van der Waals surface area (Å²) >= 11 is 5.25. The lowest BCUT2D eigenvalue weighted by molar-refractivity contribution is 0.499. The normalized spacial score (nSPS) is 14.5. The maximum atomic E-state index is 4.15. The molecule has 0 saturated carbocycles. The largest absolute Gasteiger partial charge is 0.303 e. The van der Waals surface area contributed by atoms with E-state index in [-0.39, 0.29) is 0 Å². The fourth-order valence-electron chi connectivity index (χ4n) is 1.74. The molecule has 1 unspecified atom stereocenters. The van der Waals surface area contributed by atoms with Crippen molar-refractivity contribution in [2.24, 2.45) is 0 Å². The van der Waals surface area contributed by atoms with Crippen molar-refractivity contribution < 1.29 is 0 Å². The lowest BCUT2D eigenvalue weighted by atomic mass is 10.1. The van der Waals surface area contributed by atoms with Gasteiger partial charge in [0.2, 0.25) is 0 Å². The SMILES string of the molecule is CC(N[C@@H](C)c1cccnc1)c1cc(Br)cs1. The maximum absolute atomic E-state index is 4.15. The predicted molar refractivity (Wildman–Crippen MR) is 76.2 cm³/mol. The van der Waals surface area contributed by atoms with Gasteiger partial charge in [-0.15, -0.1) is 11.3 Å². The topological polar surface area (TPSA) is 24.9 Å². The van der Waals surface area contributed by atoms with Crippen LogP contribution in [0.15, 0.2) is 40.4 Å². The van der Waals surface area contributed by atoms with Gasteiger partial charge in [-0.25, -0.2) is 0 Å². The quantitative estimate of drug-likeness (QED) is 0.909. The molecule has 0 amide bonds. The minimum Gasteiger partial charge on any atom is -0.303 e. The number of thiophene rings is 1. The Morgan fingerprint density at radius 2 is 2.18 bits per heavy atom. The molecular weight excluding hydrogens is 296 g/mol. The Hall–Kier alpha value is -0.710. The first-order chi connectivity index (χ1) is 8.16. The van der Waals surface area contributed by atoms with Crippen LogP contribution < -0.4 is 5.32 Å². The van der Waals surface area contributed by atoms with Gasteiger partial charge in [-0.2, -0.15) is 0 Å². The van der Waals surface area contributed by atoms with Gasteiger partial charge in [-0.3, -0.25) is 4.98 Å². The molecule has 90 valence electrons. The molecule has 0 saturated heterocycles. The monoisotopic (exact) mass is 310 g/mol. The highest BCUT2D eigenvalue weighted by Crippen LogP contribution is 2.27. The zero-order valence-corrected chi connectivity index (χ0v) is 12.3. The molecule has 1 N–H and O–H groups in total. The van der Waals surface area contributed by atoms with Gasteiger partial charge < -0.3 is 5.32 Å². The average molecular weight is 311 g/mol. The molecule has 0 aromatic carbocycles. The van der Waals surface area contributed by atoms with E-state index in [1.165, 1.54) is 10.4 Å². The fraction of sp³-hybridized carbons (Fsp3) is 0.308. The molecule has 0 aliphatic heterocycles. The number of nitrogens with one attached hydrogen (secondary N) is 1. The summed E-state index contributed by atoms with van der Waals surface area (Å²) in [6.07, 6.45) is 3.71. The Labute approximate surface area is 114 Å². The van der Waals surface area contributed by atoms with Crippen LogP contribution in [0.5, 0.6) is 0 Å². The van der Waals surface area contributed by atoms with E-state index in [0.717, 1.165) is 4.47 Å². The zero-order chi connectivity index (χ0) is 12.3. The molecule has 2 rings (SSSR count). The van der Waals surface area contributed by atoms with E-state index in [0.29, 0.717) is 12.1 Å². The predicted octanol–water partition coefficient (Wildman–Crippen LogP) is 4.32. The number of halogens is 1. The smallest absolute Gasteiger partial charge is 0.0391 e. The summed E-state index contributed by atoms with van der Waals surface area (Å²) in [4.78, 5) is 5.49. The summed E-state index contributed by atoms with van der Waals surface area (Å²) in [6.45, 7) is 4.35. The van der Waals surface area contributed by atoms with Crippen molar-refractivity contribution in [2.45, 2.75) is 25.9 Å². The van der Waals surface area contributed by atoms with Crippen molar-refractivity contribution in [3.05, 3.63) is 50.9 Å². The van der Waals surface area contributed by atoms with E-state index < -0.39 is 0 Å². The second-order valence-corrected chi connectivity index (χ2v) is 5.92. The summed E-state index contributed by atoms with van der Waals surface area (Å²) in [6, 6.07) is 6.89. The Morgan fingerprint density at radius 3 is 2.76 bits per heavy atom. The fourth-order valence-corrected chi connectivity index (χ4v) is 3.20. The highest BCUT2D eigenvalue weighted by atomic mass is 79.9. The van der Waals surface area contributed by atoms with Crippen molar-refractivity contribution in [3.63, 3.8) is 0 Å². The van der Waals surface area contributed by atoms with Crippen molar-refractivity contribution in [2.75, 3.05) is 0 Å². The molecule has 17 heavy (non-hydrogen) atoms. The van der Waals surface area contributed by atoms with Crippen LogP contribution >= 0.6 is 27.3 Å². The molecule has 4 heteroatoms. The molecular formula is C13H15BrN2S. The summed E-state index contributed by atoms with van der Waals surface area (Å²) < 4.78 is 1.15. The van der Waals surface area contributed by atoms with Crippen LogP contribution in [-0.2, 0) is 0 Å². The van der Waals surface area contributed by atoms with Crippen LogP contribution in [-0.4, -0.2) is 4.98 Å². The third-order valence-corrected chi connectivity index (χ3v) is 4.58. The summed E-state index contributed by atoms with van der Waals surface area (Å²) in [5.41, 5.74) is 1.22. The van der Waals surface area contributed by atoms with Crippen LogP contribution in [0.2, 0.25) is 0 Å². The minimum absolute atomic E-state index is 0.305. The molecule has 0 spiro atoms. The van der Waals surface area contributed by atoms with Crippen LogP contribution in [0.1, 0.15) is 36.4 Å². The molecule has 2 atom stereocenters. The number of nitrogens with zero attached hydrogens (tertiary/aromatic N) is 1. The summed E-state index contributed by atoms with van der Waals surface area (Å²) in [5.74, 6) is 0. The van der Waals surface area contributed by atoms with E-state index >= 15 is 0 Å². The van der Waals surface area contributed by atoms with E-state index in [2.05, 4.69) is 57.6 Å². The minimum atomic E-state index is 0.305. The van der Waals surface area contributed by atoms with Crippen molar-refractivity contribution in [1.29, 1.82) is 0 Å². The highest BCUT2D eigenvalue weighted by molar-refractivity contribution is 9.10. The number of pyridine rings is 1. The van der Waals surface area contributed by atoms with Crippen LogP contribution in [0.4, 0.5) is 0 Å². The molecule has 2 aromatic heterocycles. The highest BCUT2D eigenvalue weighted by Gasteiger charge is 2.12. The van der Waals surface area contributed by atoms with Gasteiger partial charge in [0.15, 0.2) is 0 Å². The zero-order valence-electron chi connectivity index (χ0n) is 9.85. The first kappa shape index (κ1) is 12.7. The molecule has 0 fully saturated rings. The van der Waals surface area contributed by atoms with Gasteiger partial charge in [0.25, 0.3) is 0 Å². The van der Waals surface area contributed by atoms with Gasteiger partial charge >= 0.3 is 0 Å². The van der Waals surface area contributed by atoms with Crippen LogP contribution in [0.3, 0.4) is 0 Å². The molecule has 0 radical (unpaired) electrons. The van der Waals surface area contributed by atoms with Crippen LogP contribution in [0.25, 0.3) is 0 Å². The van der Waals surface area contributed by atoms with Gasteiger partial charge in [-0.05, 0) is 47.5 Å². The number of rotatable bonds is 4. The van der Waals surface area contributed by atoms with Gasteiger partial charge in [0.05, 0.1) is 0 Å². The lowest BCUT2D eigenvalue weighted by Gasteiger charge is -2.19. The summed E-state index contributed by atoms with van der Waals surface area (Å²) in [5, 5.41) is 5.69. The van der Waals surface area contributed by atoms with Gasteiger partial charge in [-0.1, -0.05) is 6.07 Å². The van der Waals surface area contributed by atoms with E-state index in [1.807, 2.05) is 12.3 Å². The first-order valence-corrected chi connectivity index (χ1v) is 7.24. The molecule has 2 aromatic rings. The second kappa shape index (κ2) is 5.76. The number of hydrogen-bond acceptors (Lipinski definition) is 3. The molecule has 2 heterocycles. The number of hydrogen-bond donors (Lipinski definition) is 1. The third-order valence-electron chi connectivity index (χ3n) is 2.70. The van der Waals surface area contributed by atoms with Gasteiger partial charge in [0.1, 0.15) is 0 Å². The van der Waals surface area contributed by atoms with Crippen LogP contribution in [0, 0.1) is 0 Å². The lowest BCUT2D eigenvalue weighted by Crippen LogP contribution is -2.21. The summed E-state index contributed by atoms with van der Waals surface area (Å²) in [7, 11) is 0.